The van der Waals surface area contributed by atoms with E-state index in [-0.39, 0.29) is 12.4 Å². The lowest BCUT2D eigenvalue weighted by Gasteiger charge is -2.04. The quantitative estimate of drug-likeness (QED) is 0.542. The summed E-state index contributed by atoms with van der Waals surface area (Å²) in [6.45, 7) is 0.00176. The summed E-state index contributed by atoms with van der Waals surface area (Å²) in [5.74, 6) is 0.152. The largest absolute Gasteiger partial charge is 0.508 e. The number of benzene rings is 1. The van der Waals surface area contributed by atoms with Gasteiger partial charge in [0.25, 0.3) is 0 Å². The van der Waals surface area contributed by atoms with E-state index in [2.05, 4.69) is 0 Å². The van der Waals surface area contributed by atoms with E-state index in [0.717, 1.165) is 0 Å². The van der Waals surface area contributed by atoms with Crippen LogP contribution in [0.4, 0.5) is 5.69 Å². The number of rotatable bonds is 2. The van der Waals surface area contributed by atoms with Crippen LogP contribution < -0.4 is 5.73 Å². The maximum Gasteiger partial charge on any atom is 0.120 e. The van der Waals surface area contributed by atoms with Crippen molar-refractivity contribution in [2.24, 2.45) is 0 Å². The van der Waals surface area contributed by atoms with E-state index >= 15 is 0 Å². The highest BCUT2D eigenvalue weighted by Gasteiger charge is 2.02. The number of aromatic hydroxyl groups is 1. The van der Waals surface area contributed by atoms with Crippen LogP contribution in [0, 0.1) is 0 Å². The first-order chi connectivity index (χ1) is 5.25. The molecule has 0 heterocycles. The van der Waals surface area contributed by atoms with Crippen molar-refractivity contribution in [2.45, 2.75) is 6.42 Å². The van der Waals surface area contributed by atoms with Crippen molar-refractivity contribution in [3.05, 3.63) is 23.8 Å². The number of nitrogen functional groups attached to an aromatic ring is 1. The summed E-state index contributed by atoms with van der Waals surface area (Å²) in [7, 11) is 0. The molecule has 0 aliphatic rings. The SMILES string of the molecule is Nc1cccc(O)c1CCO. The van der Waals surface area contributed by atoms with Crippen molar-refractivity contribution in [1.82, 2.24) is 0 Å². The molecule has 60 valence electrons. The Hall–Kier alpha value is -1.22. The molecule has 0 aliphatic heterocycles. The van der Waals surface area contributed by atoms with Gasteiger partial charge in [0.15, 0.2) is 0 Å². The van der Waals surface area contributed by atoms with Crippen LogP contribution in [0.5, 0.6) is 5.75 Å². The van der Waals surface area contributed by atoms with E-state index in [0.29, 0.717) is 17.7 Å². The first-order valence-electron chi connectivity index (χ1n) is 3.43. The summed E-state index contributed by atoms with van der Waals surface area (Å²) in [5.41, 5.74) is 6.68. The third kappa shape index (κ3) is 1.62. The highest BCUT2D eigenvalue weighted by Crippen LogP contribution is 2.22. The molecule has 0 unspecified atom stereocenters. The number of anilines is 1. The van der Waals surface area contributed by atoms with Gasteiger partial charge in [0.05, 0.1) is 0 Å². The number of phenolic OH excluding ortho intramolecular Hbond substituents is 1. The van der Waals surface area contributed by atoms with Gasteiger partial charge in [-0.05, 0) is 12.1 Å². The monoisotopic (exact) mass is 153 g/mol. The summed E-state index contributed by atoms with van der Waals surface area (Å²) >= 11 is 0. The number of phenols is 1. The molecule has 3 nitrogen and oxygen atoms in total. The molecule has 3 heteroatoms. The molecule has 0 bridgehead atoms. The minimum Gasteiger partial charge on any atom is -0.508 e. The number of hydrogen-bond acceptors (Lipinski definition) is 3. The molecule has 0 aliphatic carbocycles. The Labute approximate surface area is 65.1 Å². The lowest BCUT2D eigenvalue weighted by atomic mass is 10.1. The number of aliphatic hydroxyl groups is 1. The fraction of sp³-hybridized carbons (Fsp3) is 0.250. The molecule has 0 atom stereocenters. The van der Waals surface area contributed by atoms with Crippen LogP contribution in [0.1, 0.15) is 5.56 Å². The average Bonchev–Trinajstić information content (AvgIpc) is 1.97. The second-order valence-electron chi connectivity index (χ2n) is 2.32. The van der Waals surface area contributed by atoms with Crippen molar-refractivity contribution >= 4 is 5.69 Å². The normalized spacial score (nSPS) is 9.91. The Morgan fingerprint density at radius 2 is 2.09 bits per heavy atom. The summed E-state index contributed by atoms with van der Waals surface area (Å²) in [5, 5.41) is 17.8. The van der Waals surface area contributed by atoms with Crippen LogP contribution in [-0.4, -0.2) is 16.8 Å². The Morgan fingerprint density at radius 1 is 1.36 bits per heavy atom. The smallest absolute Gasteiger partial charge is 0.120 e. The molecule has 0 fully saturated rings. The van der Waals surface area contributed by atoms with Gasteiger partial charge < -0.3 is 15.9 Å². The molecule has 0 amide bonds. The zero-order chi connectivity index (χ0) is 8.27. The summed E-state index contributed by atoms with van der Waals surface area (Å²) in [6.07, 6.45) is 0.401. The third-order valence-electron chi connectivity index (χ3n) is 1.55. The number of nitrogens with two attached hydrogens (primary N) is 1. The zero-order valence-corrected chi connectivity index (χ0v) is 6.12. The van der Waals surface area contributed by atoms with E-state index < -0.39 is 0 Å². The van der Waals surface area contributed by atoms with Gasteiger partial charge in [0.1, 0.15) is 5.75 Å². The van der Waals surface area contributed by atoms with E-state index in [1.54, 1.807) is 18.2 Å². The first-order valence-corrected chi connectivity index (χ1v) is 3.43. The van der Waals surface area contributed by atoms with Gasteiger partial charge in [0.2, 0.25) is 0 Å². The second kappa shape index (κ2) is 3.25. The van der Waals surface area contributed by atoms with Crippen LogP contribution in [-0.2, 0) is 6.42 Å². The van der Waals surface area contributed by atoms with E-state index in [4.69, 9.17) is 10.8 Å². The van der Waals surface area contributed by atoms with Crippen LogP contribution in [0.15, 0.2) is 18.2 Å². The molecule has 1 aromatic rings. The zero-order valence-electron chi connectivity index (χ0n) is 6.12. The van der Waals surface area contributed by atoms with Gasteiger partial charge in [-0.1, -0.05) is 6.07 Å². The predicted molar refractivity (Wildman–Crippen MR) is 43.3 cm³/mol. The van der Waals surface area contributed by atoms with Crippen molar-refractivity contribution in [2.75, 3.05) is 12.3 Å². The molecule has 0 spiro atoms. The van der Waals surface area contributed by atoms with E-state index in [1.165, 1.54) is 0 Å². The first kappa shape index (κ1) is 7.88. The predicted octanol–water partition coefficient (Wildman–Crippen LogP) is 0.509. The van der Waals surface area contributed by atoms with Crippen molar-refractivity contribution in [3.8, 4) is 5.75 Å². The van der Waals surface area contributed by atoms with Crippen molar-refractivity contribution in [3.63, 3.8) is 0 Å². The minimum atomic E-state index is 0.00176. The number of aliphatic hydroxyl groups excluding tert-OH is 1. The topological polar surface area (TPSA) is 66.5 Å². The van der Waals surface area contributed by atoms with E-state index in [9.17, 15) is 5.11 Å². The van der Waals surface area contributed by atoms with Crippen LogP contribution in [0.3, 0.4) is 0 Å². The standard InChI is InChI=1S/C8H11NO2/c9-7-2-1-3-8(11)6(7)4-5-10/h1-3,10-11H,4-5,9H2. The summed E-state index contributed by atoms with van der Waals surface area (Å²) in [6, 6.07) is 4.93. The second-order valence-corrected chi connectivity index (χ2v) is 2.32. The highest BCUT2D eigenvalue weighted by atomic mass is 16.3. The Morgan fingerprint density at radius 3 is 2.64 bits per heavy atom. The lowest BCUT2D eigenvalue weighted by molar-refractivity contribution is 0.297. The fourth-order valence-corrected chi connectivity index (χ4v) is 0.976. The Bertz CT molecular complexity index is 228. The molecule has 0 saturated heterocycles. The molecule has 1 aromatic carbocycles. The minimum absolute atomic E-state index is 0.00176. The molecule has 0 radical (unpaired) electrons. The summed E-state index contributed by atoms with van der Waals surface area (Å²) in [4.78, 5) is 0. The summed E-state index contributed by atoms with van der Waals surface area (Å²) < 4.78 is 0. The van der Waals surface area contributed by atoms with E-state index in [1.807, 2.05) is 0 Å². The fourth-order valence-electron chi connectivity index (χ4n) is 0.976. The van der Waals surface area contributed by atoms with Gasteiger partial charge in [-0.15, -0.1) is 0 Å². The maximum absolute atomic E-state index is 9.23. The Balaban J connectivity index is 3.00. The molecular weight excluding hydrogens is 142 g/mol. The molecular formula is C8H11NO2. The highest BCUT2D eigenvalue weighted by molar-refractivity contribution is 5.53. The molecule has 0 saturated carbocycles. The molecule has 0 aromatic heterocycles. The van der Waals surface area contributed by atoms with Crippen molar-refractivity contribution in [1.29, 1.82) is 0 Å². The molecule has 4 N–H and O–H groups in total. The van der Waals surface area contributed by atoms with Gasteiger partial charge in [-0.25, -0.2) is 0 Å². The molecule has 11 heavy (non-hydrogen) atoms. The van der Waals surface area contributed by atoms with Crippen LogP contribution in [0.2, 0.25) is 0 Å². The molecule has 1 rings (SSSR count). The third-order valence-corrected chi connectivity index (χ3v) is 1.55. The van der Waals surface area contributed by atoms with Gasteiger partial charge >= 0.3 is 0 Å². The Kier molecular flexibility index (Phi) is 2.33. The van der Waals surface area contributed by atoms with Crippen LogP contribution in [0.25, 0.3) is 0 Å². The average molecular weight is 153 g/mol. The maximum atomic E-state index is 9.23. The van der Waals surface area contributed by atoms with Gasteiger partial charge in [-0.3, -0.25) is 0 Å². The van der Waals surface area contributed by atoms with Crippen LogP contribution >= 0.6 is 0 Å². The van der Waals surface area contributed by atoms with Crippen molar-refractivity contribution < 1.29 is 10.2 Å². The van der Waals surface area contributed by atoms with Gasteiger partial charge in [0, 0.05) is 24.3 Å². The lowest BCUT2D eigenvalue weighted by Crippen LogP contribution is -1.97. The van der Waals surface area contributed by atoms with Gasteiger partial charge in [-0.2, -0.15) is 0 Å². The number of hydrogen-bond donors (Lipinski definition) is 3.